The van der Waals surface area contributed by atoms with E-state index in [0.29, 0.717) is 0 Å². The third kappa shape index (κ3) is 2.19. The molecule has 0 bridgehead atoms. The molecule has 1 rings (SSSR count). The Bertz CT molecular complexity index is 90.7. The lowest BCUT2D eigenvalue weighted by molar-refractivity contribution is 0.342. The Hall–Kier alpha value is -0.300. The molecule has 1 fully saturated rings. The highest BCUT2D eigenvalue weighted by Gasteiger charge is 2.12. The van der Waals surface area contributed by atoms with Gasteiger partial charge in [0.25, 0.3) is 0 Å². The summed E-state index contributed by atoms with van der Waals surface area (Å²) in [5.74, 6) is 1.14. The molecule has 0 aromatic rings. The first-order valence-corrected chi connectivity index (χ1v) is 2.92. The van der Waals surface area contributed by atoms with E-state index in [1.165, 1.54) is 0 Å². The van der Waals surface area contributed by atoms with Crippen molar-refractivity contribution in [2.24, 2.45) is 0 Å². The van der Waals surface area contributed by atoms with Gasteiger partial charge in [0.15, 0.2) is 0 Å². The number of allylic oxidation sites excluding steroid dienone is 1. The van der Waals surface area contributed by atoms with Crippen LogP contribution in [0, 0.1) is 31.6 Å². The lowest BCUT2D eigenvalue weighted by Crippen LogP contribution is -1.84. The smallest absolute Gasteiger partial charge is 0.0612 e. The predicted octanol–water partition coefficient (Wildman–Crippen LogP) is 0.940. The maximum Gasteiger partial charge on any atom is 0.0612 e. The van der Waals surface area contributed by atoms with Crippen molar-refractivity contribution in [3.63, 3.8) is 0 Å². The van der Waals surface area contributed by atoms with Crippen molar-refractivity contribution in [1.82, 2.24) is 0 Å². The summed E-state index contributed by atoms with van der Waals surface area (Å²) in [6, 6.07) is 0. The minimum Gasteiger partial charge on any atom is -0.392 e. The molecule has 0 spiro atoms. The topological polar surface area (TPSA) is 20.2 Å². The van der Waals surface area contributed by atoms with Gasteiger partial charge in [-0.25, -0.2) is 0 Å². The molecule has 1 heteroatoms. The van der Waals surface area contributed by atoms with Crippen LogP contribution in [0.1, 0.15) is 0 Å². The van der Waals surface area contributed by atoms with E-state index in [0.717, 1.165) is 5.92 Å². The fraction of sp³-hybridized carbons (Fsp3) is 0.125. The summed E-state index contributed by atoms with van der Waals surface area (Å²) in [7, 11) is 0. The number of aliphatic hydroxyl groups excluding tert-OH is 1. The molecule has 0 unspecified atom stereocenters. The van der Waals surface area contributed by atoms with Gasteiger partial charge in [0.2, 0.25) is 0 Å². The van der Waals surface area contributed by atoms with Crippen molar-refractivity contribution in [3.05, 3.63) is 43.8 Å². The molecule has 5 radical (unpaired) electrons. The van der Waals surface area contributed by atoms with E-state index >= 15 is 0 Å². The van der Waals surface area contributed by atoms with Gasteiger partial charge >= 0.3 is 0 Å². The predicted molar refractivity (Wildman–Crippen MR) is 36.7 cm³/mol. The third-order valence-corrected chi connectivity index (χ3v) is 1.10. The fourth-order valence-corrected chi connectivity index (χ4v) is 0.689. The first kappa shape index (κ1) is 6.81. The first-order chi connectivity index (χ1) is 4.43. The normalized spacial score (nSPS) is 21.9. The molecule has 0 saturated heterocycles. The van der Waals surface area contributed by atoms with Crippen LogP contribution in [0.4, 0.5) is 0 Å². The van der Waals surface area contributed by atoms with Crippen LogP contribution in [0.3, 0.4) is 0 Å². The van der Waals surface area contributed by atoms with E-state index in [1.807, 2.05) is 31.8 Å². The maximum absolute atomic E-state index is 8.38. The highest BCUT2D eigenvalue weighted by atomic mass is 16.2. The molecule has 9 heavy (non-hydrogen) atoms. The Morgan fingerprint density at radius 1 is 1.33 bits per heavy atom. The summed E-state index contributed by atoms with van der Waals surface area (Å²) in [6.07, 6.45) is 11.5. The minimum atomic E-state index is 0.116. The summed E-state index contributed by atoms with van der Waals surface area (Å²) in [5, 5.41) is 8.38. The number of hydrogen-bond acceptors (Lipinski definition) is 1. The van der Waals surface area contributed by atoms with Crippen LogP contribution >= 0.6 is 0 Å². The average molecular weight is 121 g/mol. The molecule has 0 atom stereocenters. The second kappa shape index (κ2) is 3.67. The quantitative estimate of drug-likeness (QED) is 0.576. The second-order valence-corrected chi connectivity index (χ2v) is 1.80. The monoisotopic (exact) mass is 121 g/mol. The van der Waals surface area contributed by atoms with Gasteiger partial charge in [0, 0.05) is 5.92 Å². The van der Waals surface area contributed by atoms with Gasteiger partial charge in [-0.1, -0.05) is 12.2 Å². The van der Waals surface area contributed by atoms with Crippen molar-refractivity contribution >= 4 is 0 Å². The molecule has 1 N–H and O–H groups in total. The zero-order chi connectivity index (χ0) is 6.53. The van der Waals surface area contributed by atoms with Crippen LogP contribution < -0.4 is 0 Å². The van der Waals surface area contributed by atoms with E-state index in [-0.39, 0.29) is 6.61 Å². The summed E-state index contributed by atoms with van der Waals surface area (Å²) >= 11 is 0. The maximum atomic E-state index is 8.38. The third-order valence-electron chi connectivity index (χ3n) is 1.10. The molecule has 0 aromatic carbocycles. The van der Waals surface area contributed by atoms with Crippen molar-refractivity contribution in [1.29, 1.82) is 0 Å². The molecule has 1 aliphatic rings. The summed E-state index contributed by atoms with van der Waals surface area (Å²) in [4.78, 5) is 0. The number of aliphatic hydroxyl groups is 1. The molecule has 0 aliphatic heterocycles. The lowest BCUT2D eigenvalue weighted by Gasteiger charge is -1.95. The Kier molecular flexibility index (Phi) is 2.78. The SMILES string of the molecule is OC/C=C/[C]1[CH][CH][CH][CH]1. The van der Waals surface area contributed by atoms with E-state index in [2.05, 4.69) is 0 Å². The van der Waals surface area contributed by atoms with Crippen molar-refractivity contribution < 1.29 is 5.11 Å². The van der Waals surface area contributed by atoms with Gasteiger partial charge in [-0.3, -0.25) is 0 Å². The van der Waals surface area contributed by atoms with Crippen LogP contribution in [0.25, 0.3) is 0 Å². The van der Waals surface area contributed by atoms with Crippen molar-refractivity contribution in [2.75, 3.05) is 6.61 Å². The molecule has 0 heterocycles. The largest absolute Gasteiger partial charge is 0.392 e. The van der Waals surface area contributed by atoms with Crippen LogP contribution in [0.15, 0.2) is 12.2 Å². The molecule has 1 aliphatic carbocycles. The molecule has 1 saturated carbocycles. The highest BCUT2D eigenvalue weighted by molar-refractivity contribution is 5.41. The van der Waals surface area contributed by atoms with Crippen LogP contribution in [-0.4, -0.2) is 11.7 Å². The van der Waals surface area contributed by atoms with Gasteiger partial charge in [0.05, 0.1) is 6.61 Å². The van der Waals surface area contributed by atoms with E-state index in [4.69, 9.17) is 5.11 Å². The summed E-state index contributed by atoms with van der Waals surface area (Å²) in [6.45, 7) is 0.116. The Labute approximate surface area is 56.4 Å². The van der Waals surface area contributed by atoms with E-state index < -0.39 is 0 Å². The van der Waals surface area contributed by atoms with Gasteiger partial charge in [-0.15, -0.1) is 0 Å². The fourth-order valence-electron chi connectivity index (χ4n) is 0.689. The minimum absolute atomic E-state index is 0.116. The van der Waals surface area contributed by atoms with Crippen molar-refractivity contribution in [3.8, 4) is 0 Å². The average Bonchev–Trinajstić information content (AvgIpc) is 2.34. The molecular weight excluding hydrogens is 112 g/mol. The van der Waals surface area contributed by atoms with E-state index in [1.54, 1.807) is 6.08 Å². The van der Waals surface area contributed by atoms with Crippen LogP contribution in [-0.2, 0) is 0 Å². The molecule has 0 amide bonds. The number of rotatable bonds is 2. The zero-order valence-corrected chi connectivity index (χ0v) is 5.12. The van der Waals surface area contributed by atoms with Gasteiger partial charge < -0.3 is 5.11 Å². The molecule has 1 nitrogen and oxygen atoms in total. The zero-order valence-electron chi connectivity index (χ0n) is 5.12. The first-order valence-electron chi connectivity index (χ1n) is 2.92. The van der Waals surface area contributed by atoms with Crippen LogP contribution in [0.5, 0.6) is 0 Å². The van der Waals surface area contributed by atoms with Gasteiger partial charge in [-0.2, -0.15) is 0 Å². The second-order valence-electron chi connectivity index (χ2n) is 1.80. The Balaban J connectivity index is 2.18. The summed E-state index contributed by atoms with van der Waals surface area (Å²) in [5.41, 5.74) is 0. The van der Waals surface area contributed by atoms with Crippen LogP contribution in [0.2, 0.25) is 0 Å². The van der Waals surface area contributed by atoms with Gasteiger partial charge in [0.1, 0.15) is 0 Å². The molecular formula is C8H9O. The number of hydrogen-bond donors (Lipinski definition) is 1. The Morgan fingerprint density at radius 2 is 2.00 bits per heavy atom. The molecule has 47 valence electrons. The highest BCUT2D eigenvalue weighted by Crippen LogP contribution is 2.23. The Morgan fingerprint density at radius 3 is 2.56 bits per heavy atom. The summed E-state index contributed by atoms with van der Waals surface area (Å²) < 4.78 is 0. The molecule has 0 aromatic heterocycles. The lowest BCUT2D eigenvalue weighted by atomic mass is 10.1. The standard InChI is InChI=1S/C8H9O/c9-7-3-6-8-4-1-2-5-8/h1-6,9H,7H2/b6-3+. The van der Waals surface area contributed by atoms with Gasteiger partial charge in [-0.05, 0) is 25.7 Å². The van der Waals surface area contributed by atoms with E-state index in [9.17, 15) is 0 Å². The van der Waals surface area contributed by atoms with Crippen molar-refractivity contribution in [2.45, 2.75) is 0 Å².